The molecule has 2 aromatic rings. The summed E-state index contributed by atoms with van der Waals surface area (Å²) < 4.78 is 27.4. The lowest BCUT2D eigenvalue weighted by Gasteiger charge is -2.34. The molecule has 0 aromatic heterocycles. The van der Waals surface area contributed by atoms with Crippen LogP contribution in [0.25, 0.3) is 0 Å². The number of carbonyl (C=O) groups is 2. The summed E-state index contributed by atoms with van der Waals surface area (Å²) in [6, 6.07) is 12.8. The van der Waals surface area contributed by atoms with Crippen molar-refractivity contribution in [3.05, 3.63) is 64.7 Å². The number of piperazine rings is 1. The fourth-order valence-corrected chi connectivity index (χ4v) is 5.48. The van der Waals surface area contributed by atoms with Crippen molar-refractivity contribution in [2.24, 2.45) is 0 Å². The fraction of sp³-hybridized carbons (Fsp3) is 0.417. The minimum Gasteiger partial charge on any atom is -0.340 e. The molecule has 3 rings (SSSR count). The second-order valence-electron chi connectivity index (χ2n) is 8.03. The summed E-state index contributed by atoms with van der Waals surface area (Å²) in [7, 11) is -3.58. The van der Waals surface area contributed by atoms with Gasteiger partial charge in [-0.15, -0.1) is 0 Å². The van der Waals surface area contributed by atoms with E-state index in [1.54, 1.807) is 24.0 Å². The average molecular weight is 443 g/mol. The van der Waals surface area contributed by atoms with Crippen LogP contribution in [0.4, 0.5) is 0 Å². The molecule has 0 atom stereocenters. The third-order valence-electron chi connectivity index (χ3n) is 5.79. The summed E-state index contributed by atoms with van der Waals surface area (Å²) in [4.78, 5) is 26.9. The summed E-state index contributed by atoms with van der Waals surface area (Å²) >= 11 is 0. The van der Waals surface area contributed by atoms with E-state index < -0.39 is 10.0 Å². The minimum absolute atomic E-state index is 0.0490. The van der Waals surface area contributed by atoms with Gasteiger partial charge < -0.3 is 4.90 Å². The number of amides is 1. The van der Waals surface area contributed by atoms with Crippen LogP contribution < -0.4 is 0 Å². The second-order valence-corrected chi connectivity index (χ2v) is 9.93. The molecule has 1 aliphatic heterocycles. The van der Waals surface area contributed by atoms with Crippen molar-refractivity contribution < 1.29 is 18.0 Å². The largest absolute Gasteiger partial charge is 0.340 e. The van der Waals surface area contributed by atoms with Crippen molar-refractivity contribution in [2.45, 2.75) is 44.9 Å². The first-order valence-electron chi connectivity index (χ1n) is 10.7. The van der Waals surface area contributed by atoms with E-state index in [-0.39, 0.29) is 37.6 Å². The van der Waals surface area contributed by atoms with Gasteiger partial charge in [0.15, 0.2) is 5.78 Å². The highest BCUT2D eigenvalue weighted by atomic mass is 32.2. The number of hydrogen-bond acceptors (Lipinski definition) is 4. The molecule has 6 nitrogen and oxygen atoms in total. The monoisotopic (exact) mass is 442 g/mol. The predicted molar refractivity (Wildman–Crippen MR) is 121 cm³/mol. The molecule has 7 heteroatoms. The normalized spacial score (nSPS) is 15.1. The fourth-order valence-electron chi connectivity index (χ4n) is 3.85. The maximum Gasteiger partial charge on any atom is 0.243 e. The number of carbonyl (C=O) groups excluding carboxylic acids is 2. The zero-order valence-corrected chi connectivity index (χ0v) is 19.2. The van der Waals surface area contributed by atoms with Crippen LogP contribution in [-0.4, -0.2) is 55.5 Å². The van der Waals surface area contributed by atoms with Crippen molar-refractivity contribution in [1.82, 2.24) is 9.21 Å². The van der Waals surface area contributed by atoms with E-state index in [0.29, 0.717) is 23.5 Å². The van der Waals surface area contributed by atoms with E-state index in [1.165, 1.54) is 9.87 Å². The summed E-state index contributed by atoms with van der Waals surface area (Å²) in [6.45, 7) is 6.97. The Bertz CT molecular complexity index is 1050. The molecule has 1 saturated heterocycles. The predicted octanol–water partition coefficient (Wildman–Crippen LogP) is 3.36. The molecule has 0 saturated carbocycles. The molecule has 1 fully saturated rings. The van der Waals surface area contributed by atoms with Crippen LogP contribution in [0.2, 0.25) is 0 Å². The van der Waals surface area contributed by atoms with E-state index in [0.717, 1.165) is 17.5 Å². The summed E-state index contributed by atoms with van der Waals surface area (Å²) in [5.74, 6) is -0.158. The molecular formula is C24H30N2O4S. The number of benzene rings is 2. The van der Waals surface area contributed by atoms with Crippen LogP contribution in [-0.2, 0) is 21.2 Å². The molecular weight excluding hydrogens is 412 g/mol. The molecule has 0 aliphatic carbocycles. The Morgan fingerprint density at radius 2 is 1.55 bits per heavy atom. The number of nitrogens with zero attached hydrogens (tertiary/aromatic N) is 2. The Morgan fingerprint density at radius 1 is 0.903 bits per heavy atom. The van der Waals surface area contributed by atoms with Crippen LogP contribution in [0, 0.1) is 13.8 Å². The Labute approximate surface area is 184 Å². The first-order chi connectivity index (χ1) is 14.7. The lowest BCUT2D eigenvalue weighted by atomic mass is 10.0. The topological polar surface area (TPSA) is 74.8 Å². The highest BCUT2D eigenvalue weighted by molar-refractivity contribution is 7.89. The van der Waals surface area contributed by atoms with Gasteiger partial charge in [0.05, 0.1) is 4.90 Å². The van der Waals surface area contributed by atoms with E-state index in [2.05, 4.69) is 6.92 Å². The maximum atomic E-state index is 13.0. The lowest BCUT2D eigenvalue weighted by Crippen LogP contribution is -2.50. The molecule has 1 amide bonds. The van der Waals surface area contributed by atoms with Gasteiger partial charge in [-0.05, 0) is 37.5 Å². The van der Waals surface area contributed by atoms with Crippen molar-refractivity contribution in [1.29, 1.82) is 0 Å². The van der Waals surface area contributed by atoms with E-state index in [9.17, 15) is 18.0 Å². The number of aryl methyl sites for hydroxylation is 3. The maximum absolute atomic E-state index is 13.0. The quantitative estimate of drug-likeness (QED) is 0.616. The number of Topliss-reactive ketones (excluding diaryl/α,β-unsaturated/α-hetero) is 1. The molecule has 0 N–H and O–H groups in total. The molecule has 0 bridgehead atoms. The van der Waals surface area contributed by atoms with Crippen LogP contribution in [0.15, 0.2) is 47.4 Å². The van der Waals surface area contributed by atoms with Gasteiger partial charge in [0, 0.05) is 44.6 Å². The molecule has 1 aliphatic rings. The summed E-state index contributed by atoms with van der Waals surface area (Å²) in [6.07, 6.45) is 1.21. The summed E-state index contributed by atoms with van der Waals surface area (Å²) in [5.41, 5.74) is 3.53. The molecule has 0 spiro atoms. The number of rotatable bonds is 7. The van der Waals surface area contributed by atoms with Crippen LogP contribution in [0.3, 0.4) is 0 Å². The van der Waals surface area contributed by atoms with Gasteiger partial charge in [0.2, 0.25) is 15.9 Å². The van der Waals surface area contributed by atoms with Crippen molar-refractivity contribution >= 4 is 21.7 Å². The van der Waals surface area contributed by atoms with E-state index in [4.69, 9.17) is 0 Å². The Hall–Kier alpha value is -2.51. The number of hydrogen-bond donors (Lipinski definition) is 0. The lowest BCUT2D eigenvalue weighted by molar-refractivity contribution is -0.132. The van der Waals surface area contributed by atoms with Crippen LogP contribution in [0.5, 0.6) is 0 Å². The average Bonchev–Trinajstić information content (AvgIpc) is 2.77. The molecule has 31 heavy (non-hydrogen) atoms. The SMILES string of the molecule is CCc1ccc(C(=O)CCC(=O)N2CCN(S(=O)(=O)c3ccc(C)cc3C)CC2)cc1. The van der Waals surface area contributed by atoms with E-state index in [1.807, 2.05) is 37.3 Å². The number of ketones is 1. The molecule has 0 radical (unpaired) electrons. The first kappa shape index (κ1) is 23.2. The second kappa shape index (κ2) is 9.75. The molecule has 0 unspecified atom stereocenters. The molecule has 2 aromatic carbocycles. The van der Waals surface area contributed by atoms with Gasteiger partial charge in [-0.25, -0.2) is 8.42 Å². The molecule has 166 valence electrons. The zero-order valence-electron chi connectivity index (χ0n) is 18.4. The smallest absolute Gasteiger partial charge is 0.243 e. The van der Waals surface area contributed by atoms with Gasteiger partial charge in [0.1, 0.15) is 0 Å². The highest BCUT2D eigenvalue weighted by Crippen LogP contribution is 2.22. The third-order valence-corrected chi connectivity index (χ3v) is 7.85. The van der Waals surface area contributed by atoms with Gasteiger partial charge in [-0.1, -0.05) is 48.9 Å². The standard InChI is InChI=1S/C24H30N2O4S/c1-4-20-6-8-21(9-7-20)22(27)10-12-24(28)25-13-15-26(16-14-25)31(29,30)23-11-5-18(2)17-19(23)3/h5-9,11,17H,4,10,12-16H2,1-3H3. The highest BCUT2D eigenvalue weighted by Gasteiger charge is 2.31. The van der Waals surface area contributed by atoms with Gasteiger partial charge in [-0.3, -0.25) is 9.59 Å². The number of sulfonamides is 1. The summed E-state index contributed by atoms with van der Waals surface area (Å²) in [5, 5.41) is 0. The van der Waals surface area contributed by atoms with Crippen LogP contribution >= 0.6 is 0 Å². The van der Waals surface area contributed by atoms with Gasteiger partial charge in [-0.2, -0.15) is 4.31 Å². The van der Waals surface area contributed by atoms with Gasteiger partial charge in [0.25, 0.3) is 0 Å². The third kappa shape index (κ3) is 5.40. The Balaban J connectivity index is 1.54. The Kier molecular flexibility index (Phi) is 7.28. The van der Waals surface area contributed by atoms with Gasteiger partial charge >= 0.3 is 0 Å². The van der Waals surface area contributed by atoms with Crippen LogP contribution in [0.1, 0.15) is 46.8 Å². The van der Waals surface area contributed by atoms with E-state index >= 15 is 0 Å². The van der Waals surface area contributed by atoms with Crippen molar-refractivity contribution in [2.75, 3.05) is 26.2 Å². The molecule has 1 heterocycles. The van der Waals surface area contributed by atoms with Crippen molar-refractivity contribution in [3.8, 4) is 0 Å². The zero-order chi connectivity index (χ0) is 22.6. The minimum atomic E-state index is -3.58. The Morgan fingerprint density at radius 3 is 2.13 bits per heavy atom. The van der Waals surface area contributed by atoms with Crippen molar-refractivity contribution in [3.63, 3.8) is 0 Å². The first-order valence-corrected chi connectivity index (χ1v) is 12.1.